The molecular formula is C22H29ClN2O9S. The molecule has 2 saturated heterocycles. The van der Waals surface area contributed by atoms with Crippen LogP contribution in [0, 0.1) is 12.3 Å². The van der Waals surface area contributed by atoms with E-state index in [1.807, 2.05) is 5.32 Å². The first-order valence-corrected chi connectivity index (χ1v) is 12.7. The fourth-order valence-corrected chi connectivity index (χ4v) is 5.05. The molecule has 13 heteroatoms. The molecule has 2 aliphatic heterocycles. The summed E-state index contributed by atoms with van der Waals surface area (Å²) >= 11 is 6.55. The van der Waals surface area contributed by atoms with Crippen molar-refractivity contribution in [3.63, 3.8) is 0 Å². The normalized spacial score (nSPS) is 29.7. The van der Waals surface area contributed by atoms with E-state index in [1.165, 1.54) is 19.1 Å². The molecule has 1 aromatic rings. The van der Waals surface area contributed by atoms with Crippen LogP contribution in [0.25, 0.3) is 0 Å². The molecule has 0 aromatic heterocycles. The number of ether oxygens (including phenoxy) is 2. The largest absolute Gasteiger partial charge is 0.462 e. The topological polar surface area (TPSA) is 149 Å². The highest BCUT2D eigenvalue weighted by Crippen LogP contribution is 2.35. The highest BCUT2D eigenvalue weighted by molar-refractivity contribution is 7.86. The van der Waals surface area contributed by atoms with Gasteiger partial charge in [0.05, 0.1) is 16.9 Å². The Morgan fingerprint density at radius 2 is 1.89 bits per heavy atom. The zero-order chi connectivity index (χ0) is 26.3. The number of benzene rings is 1. The molecule has 3 amide bonds. The number of carbonyl (C=O) groups is 3. The second-order valence-electron chi connectivity index (χ2n) is 9.85. The van der Waals surface area contributed by atoms with Crippen LogP contribution in [-0.2, 0) is 33.4 Å². The number of aryl methyl sites for hydroxylation is 1. The number of β-amino-alcohol motifs (C(OH)–C–C–N with tert-alkyl or cyclic N) is 1. The number of halogens is 1. The average molecular weight is 533 g/mol. The third kappa shape index (κ3) is 5.95. The molecule has 2 heterocycles. The van der Waals surface area contributed by atoms with E-state index in [4.69, 9.17) is 25.3 Å². The number of hydrogen-bond donors (Lipinski definition) is 2. The lowest BCUT2D eigenvalue weighted by Gasteiger charge is -2.39. The van der Waals surface area contributed by atoms with E-state index in [-0.39, 0.29) is 4.90 Å². The molecule has 2 aliphatic rings. The standard InChI is InChI=1S/C22H29ClN2O9S/c1-12-6-8-13(9-7-12)35(30,31)34-16-14(10-32-19(27)21(2,3)4)33-17(15(16)23)25-11-22(5,29)18(26)24-20(25)28/h6-9,14-17,29H,10-11H2,1-5H3,(H,24,26,28)/t14-,15-,16-,17-,22?/m1/s1. The highest BCUT2D eigenvalue weighted by Gasteiger charge is 2.54. The molecule has 194 valence electrons. The predicted molar refractivity (Wildman–Crippen MR) is 123 cm³/mol. The maximum absolute atomic E-state index is 13.0. The fourth-order valence-electron chi connectivity index (χ4n) is 3.46. The van der Waals surface area contributed by atoms with Gasteiger partial charge in [0.15, 0.2) is 11.8 Å². The van der Waals surface area contributed by atoms with Crippen LogP contribution in [0.2, 0.25) is 0 Å². The number of carbonyl (C=O) groups excluding carboxylic acids is 3. The number of urea groups is 1. The predicted octanol–water partition coefficient (Wildman–Crippen LogP) is 1.29. The van der Waals surface area contributed by atoms with Crippen molar-refractivity contribution in [2.24, 2.45) is 5.41 Å². The Morgan fingerprint density at radius 3 is 2.46 bits per heavy atom. The lowest BCUT2D eigenvalue weighted by atomic mass is 9.97. The monoisotopic (exact) mass is 532 g/mol. The van der Waals surface area contributed by atoms with Crippen molar-refractivity contribution < 1.29 is 41.6 Å². The summed E-state index contributed by atoms with van der Waals surface area (Å²) in [6.07, 6.45) is -3.84. The first-order chi connectivity index (χ1) is 16.0. The van der Waals surface area contributed by atoms with Crippen LogP contribution in [0.15, 0.2) is 29.2 Å². The van der Waals surface area contributed by atoms with E-state index in [9.17, 15) is 27.9 Å². The number of alkyl halides is 1. The van der Waals surface area contributed by atoms with E-state index >= 15 is 0 Å². The first kappa shape index (κ1) is 27.3. The second-order valence-corrected chi connectivity index (χ2v) is 11.9. The zero-order valence-corrected chi connectivity index (χ0v) is 21.6. The molecule has 3 rings (SSSR count). The molecular weight excluding hydrogens is 504 g/mol. The van der Waals surface area contributed by atoms with Gasteiger partial charge in [-0.1, -0.05) is 17.7 Å². The Balaban J connectivity index is 1.88. The van der Waals surface area contributed by atoms with Crippen molar-refractivity contribution >= 4 is 39.6 Å². The SMILES string of the molecule is Cc1ccc(S(=O)(=O)O[C@H]2[C@@H](Cl)[C@H](N3CC(C)(O)C(=O)NC3=O)O[C@@H]2COC(=O)C(C)(C)C)cc1. The zero-order valence-electron chi connectivity index (χ0n) is 20.0. The number of aliphatic hydroxyl groups is 1. The number of rotatable bonds is 6. The van der Waals surface area contributed by atoms with Crippen molar-refractivity contribution in [3.8, 4) is 0 Å². The Morgan fingerprint density at radius 1 is 1.29 bits per heavy atom. The Bertz CT molecular complexity index is 1100. The first-order valence-electron chi connectivity index (χ1n) is 10.8. The van der Waals surface area contributed by atoms with Gasteiger partial charge in [0, 0.05) is 0 Å². The minimum atomic E-state index is -4.32. The van der Waals surface area contributed by atoms with E-state index in [1.54, 1.807) is 39.8 Å². The minimum absolute atomic E-state index is 0.120. The van der Waals surface area contributed by atoms with Gasteiger partial charge >= 0.3 is 12.0 Å². The van der Waals surface area contributed by atoms with E-state index in [0.29, 0.717) is 0 Å². The quantitative estimate of drug-likeness (QED) is 0.314. The molecule has 11 nitrogen and oxygen atoms in total. The molecule has 5 atom stereocenters. The van der Waals surface area contributed by atoms with Crippen LogP contribution in [-0.4, -0.2) is 78.9 Å². The van der Waals surface area contributed by atoms with Gasteiger partial charge in [-0.15, -0.1) is 11.6 Å². The summed E-state index contributed by atoms with van der Waals surface area (Å²) in [7, 11) is -4.32. The van der Waals surface area contributed by atoms with Gasteiger partial charge in [-0.05, 0) is 46.8 Å². The van der Waals surface area contributed by atoms with E-state index in [0.717, 1.165) is 10.5 Å². The molecule has 0 aliphatic carbocycles. The smallest absolute Gasteiger partial charge is 0.326 e. The van der Waals surface area contributed by atoms with Crippen LogP contribution in [0.5, 0.6) is 0 Å². The third-order valence-corrected chi connectivity index (χ3v) is 7.35. The van der Waals surface area contributed by atoms with Crippen molar-refractivity contribution in [2.75, 3.05) is 13.2 Å². The number of amides is 3. The number of nitrogens with zero attached hydrogens (tertiary/aromatic N) is 1. The number of hydrogen-bond acceptors (Lipinski definition) is 9. The minimum Gasteiger partial charge on any atom is -0.462 e. The number of imide groups is 1. The summed E-state index contributed by atoms with van der Waals surface area (Å²) in [6, 6.07) is 5.06. The average Bonchev–Trinajstić information content (AvgIpc) is 3.03. The van der Waals surface area contributed by atoms with Crippen molar-refractivity contribution in [1.29, 1.82) is 0 Å². The Labute approximate surface area is 208 Å². The van der Waals surface area contributed by atoms with Crippen LogP contribution in [0.4, 0.5) is 4.79 Å². The number of esters is 1. The van der Waals surface area contributed by atoms with Gasteiger partial charge in [-0.3, -0.25) is 24.0 Å². The molecule has 1 aromatic carbocycles. The van der Waals surface area contributed by atoms with Crippen LogP contribution >= 0.6 is 11.6 Å². The van der Waals surface area contributed by atoms with Crippen molar-refractivity contribution in [3.05, 3.63) is 29.8 Å². The molecule has 0 spiro atoms. The number of nitrogens with one attached hydrogen (secondary N) is 1. The van der Waals surface area contributed by atoms with E-state index in [2.05, 4.69) is 0 Å². The maximum atomic E-state index is 13.0. The van der Waals surface area contributed by atoms with Gasteiger partial charge in [0.2, 0.25) is 0 Å². The Hall–Kier alpha value is -2.25. The lowest BCUT2D eigenvalue weighted by Crippen LogP contribution is -2.66. The van der Waals surface area contributed by atoms with Crippen molar-refractivity contribution in [1.82, 2.24) is 10.2 Å². The van der Waals surface area contributed by atoms with Crippen molar-refractivity contribution in [2.45, 2.75) is 68.9 Å². The maximum Gasteiger partial charge on any atom is 0.326 e. The molecule has 0 radical (unpaired) electrons. The van der Waals surface area contributed by atoms with Crippen LogP contribution in [0.3, 0.4) is 0 Å². The summed E-state index contributed by atoms with van der Waals surface area (Å²) in [5.74, 6) is -1.46. The molecule has 2 fully saturated rings. The van der Waals surface area contributed by atoms with Gasteiger partial charge in [-0.2, -0.15) is 8.42 Å². The summed E-state index contributed by atoms with van der Waals surface area (Å²) in [5, 5.41) is 11.1. The van der Waals surface area contributed by atoms with E-state index < -0.39 is 76.0 Å². The summed E-state index contributed by atoms with van der Waals surface area (Å²) in [4.78, 5) is 37.5. The lowest BCUT2D eigenvalue weighted by molar-refractivity contribution is -0.161. The van der Waals surface area contributed by atoms with Gasteiger partial charge < -0.3 is 14.6 Å². The highest BCUT2D eigenvalue weighted by atomic mass is 35.5. The van der Waals surface area contributed by atoms with Gasteiger partial charge in [-0.25, -0.2) is 4.79 Å². The fraction of sp³-hybridized carbons (Fsp3) is 0.591. The summed E-state index contributed by atoms with van der Waals surface area (Å²) < 4.78 is 42.5. The Kier molecular flexibility index (Phi) is 7.55. The molecule has 2 N–H and O–H groups in total. The van der Waals surface area contributed by atoms with Crippen LogP contribution in [0.1, 0.15) is 33.3 Å². The molecule has 0 saturated carbocycles. The molecule has 1 unspecified atom stereocenters. The van der Waals surface area contributed by atoms with Gasteiger partial charge in [0.1, 0.15) is 24.2 Å². The third-order valence-electron chi connectivity index (χ3n) is 5.56. The van der Waals surface area contributed by atoms with Gasteiger partial charge in [0.25, 0.3) is 16.0 Å². The second kappa shape index (κ2) is 9.66. The molecule has 0 bridgehead atoms. The van der Waals surface area contributed by atoms with Crippen LogP contribution < -0.4 is 5.32 Å². The molecule has 35 heavy (non-hydrogen) atoms. The summed E-state index contributed by atoms with van der Waals surface area (Å²) in [5.41, 5.74) is -1.93. The summed E-state index contributed by atoms with van der Waals surface area (Å²) in [6.45, 7) is 7.07.